The van der Waals surface area contributed by atoms with E-state index >= 15 is 0 Å². The first-order valence-electron chi connectivity index (χ1n) is 6.99. The first-order chi connectivity index (χ1) is 7.91. The van der Waals surface area contributed by atoms with E-state index in [1.165, 1.54) is 25.7 Å². The van der Waals surface area contributed by atoms with Gasteiger partial charge in [-0.25, -0.2) is 0 Å². The summed E-state index contributed by atoms with van der Waals surface area (Å²) in [5, 5.41) is 13.6. The zero-order valence-corrected chi connectivity index (χ0v) is 12.4. The third kappa shape index (κ3) is 9.57. The lowest BCUT2D eigenvalue weighted by Gasteiger charge is -2.28. The highest BCUT2D eigenvalue weighted by Crippen LogP contribution is 2.11. The molecule has 0 aromatic carbocycles. The SMILES string of the molecule is CCCCC(CC)CNCC(C)(O)CN(C)C. The van der Waals surface area contributed by atoms with Gasteiger partial charge in [0.1, 0.15) is 0 Å². The van der Waals surface area contributed by atoms with Crippen molar-refractivity contribution in [1.29, 1.82) is 0 Å². The van der Waals surface area contributed by atoms with Crippen molar-refractivity contribution in [2.75, 3.05) is 33.7 Å². The summed E-state index contributed by atoms with van der Waals surface area (Å²) >= 11 is 0. The Morgan fingerprint density at radius 1 is 1.29 bits per heavy atom. The van der Waals surface area contributed by atoms with E-state index in [9.17, 15) is 5.11 Å². The van der Waals surface area contributed by atoms with Crippen LogP contribution in [0.3, 0.4) is 0 Å². The Labute approximate surface area is 108 Å². The third-order valence-corrected chi connectivity index (χ3v) is 3.14. The van der Waals surface area contributed by atoms with Crippen LogP contribution in [-0.4, -0.2) is 49.3 Å². The normalized spacial score (nSPS) is 17.1. The van der Waals surface area contributed by atoms with E-state index in [4.69, 9.17) is 0 Å². The molecule has 0 heterocycles. The largest absolute Gasteiger partial charge is 0.388 e. The standard InChI is InChI=1S/C14H32N2O/c1-6-8-9-13(7-2)10-15-11-14(3,17)12-16(4)5/h13,15,17H,6-12H2,1-5H3. The van der Waals surface area contributed by atoms with Crippen LogP contribution < -0.4 is 5.32 Å². The van der Waals surface area contributed by atoms with Crippen LogP contribution in [0.4, 0.5) is 0 Å². The van der Waals surface area contributed by atoms with E-state index in [1.807, 2.05) is 25.9 Å². The summed E-state index contributed by atoms with van der Waals surface area (Å²) in [6.45, 7) is 8.79. The van der Waals surface area contributed by atoms with Gasteiger partial charge in [-0.2, -0.15) is 0 Å². The Balaban J connectivity index is 3.78. The molecule has 2 atom stereocenters. The van der Waals surface area contributed by atoms with Gasteiger partial charge >= 0.3 is 0 Å². The van der Waals surface area contributed by atoms with E-state index in [0.29, 0.717) is 13.1 Å². The molecule has 2 N–H and O–H groups in total. The fourth-order valence-corrected chi connectivity index (χ4v) is 2.23. The molecule has 0 radical (unpaired) electrons. The van der Waals surface area contributed by atoms with E-state index in [2.05, 4.69) is 19.2 Å². The molecule has 0 amide bonds. The number of nitrogens with one attached hydrogen (secondary N) is 1. The number of nitrogens with zero attached hydrogens (tertiary/aromatic N) is 1. The van der Waals surface area contributed by atoms with Gasteiger partial charge in [-0.3, -0.25) is 0 Å². The second kappa shape index (κ2) is 8.90. The Kier molecular flexibility index (Phi) is 8.83. The van der Waals surface area contributed by atoms with Crippen LogP contribution in [0.1, 0.15) is 46.5 Å². The molecule has 0 rings (SSSR count). The second-order valence-corrected chi connectivity index (χ2v) is 5.78. The van der Waals surface area contributed by atoms with E-state index in [0.717, 1.165) is 12.5 Å². The summed E-state index contributed by atoms with van der Waals surface area (Å²) in [5.74, 6) is 0.755. The van der Waals surface area contributed by atoms with Crippen LogP contribution in [0.15, 0.2) is 0 Å². The minimum absolute atomic E-state index is 0.632. The van der Waals surface area contributed by atoms with Crippen molar-refractivity contribution in [3.8, 4) is 0 Å². The van der Waals surface area contributed by atoms with Gasteiger partial charge in [0, 0.05) is 13.1 Å². The quantitative estimate of drug-likeness (QED) is 0.618. The molecule has 0 aliphatic heterocycles. The monoisotopic (exact) mass is 244 g/mol. The maximum atomic E-state index is 10.1. The van der Waals surface area contributed by atoms with Crippen molar-refractivity contribution in [3.05, 3.63) is 0 Å². The van der Waals surface area contributed by atoms with Crippen molar-refractivity contribution in [2.24, 2.45) is 5.92 Å². The highest BCUT2D eigenvalue weighted by atomic mass is 16.3. The summed E-state index contributed by atoms with van der Waals surface area (Å²) in [4.78, 5) is 2.02. The average molecular weight is 244 g/mol. The van der Waals surface area contributed by atoms with Crippen LogP contribution in [-0.2, 0) is 0 Å². The molecule has 104 valence electrons. The Hall–Kier alpha value is -0.120. The van der Waals surface area contributed by atoms with E-state index in [1.54, 1.807) is 0 Å². The van der Waals surface area contributed by atoms with Crippen LogP contribution in [0.5, 0.6) is 0 Å². The number of hydrogen-bond donors (Lipinski definition) is 2. The lowest BCUT2D eigenvalue weighted by molar-refractivity contribution is 0.0330. The van der Waals surface area contributed by atoms with Crippen molar-refractivity contribution in [3.63, 3.8) is 0 Å². The van der Waals surface area contributed by atoms with Crippen LogP contribution in [0.2, 0.25) is 0 Å². The van der Waals surface area contributed by atoms with Gasteiger partial charge < -0.3 is 15.3 Å². The van der Waals surface area contributed by atoms with Crippen molar-refractivity contribution < 1.29 is 5.11 Å². The Bertz CT molecular complexity index is 181. The third-order valence-electron chi connectivity index (χ3n) is 3.14. The minimum atomic E-state index is -0.632. The molecular formula is C14H32N2O. The first-order valence-corrected chi connectivity index (χ1v) is 6.99. The highest BCUT2D eigenvalue weighted by molar-refractivity contribution is 4.78. The average Bonchev–Trinajstić information content (AvgIpc) is 2.21. The van der Waals surface area contributed by atoms with E-state index in [-0.39, 0.29) is 0 Å². The molecule has 0 saturated heterocycles. The molecule has 2 unspecified atom stereocenters. The zero-order valence-electron chi connectivity index (χ0n) is 12.4. The lowest BCUT2D eigenvalue weighted by Crippen LogP contribution is -2.46. The number of likely N-dealkylation sites (N-methyl/N-ethyl adjacent to an activating group) is 1. The van der Waals surface area contributed by atoms with E-state index < -0.39 is 5.60 Å². The highest BCUT2D eigenvalue weighted by Gasteiger charge is 2.20. The molecule has 0 bridgehead atoms. The predicted octanol–water partition coefficient (Wildman–Crippen LogP) is 2.10. The molecule has 0 fully saturated rings. The van der Waals surface area contributed by atoms with Gasteiger partial charge in [-0.15, -0.1) is 0 Å². The van der Waals surface area contributed by atoms with Gasteiger partial charge in [0.05, 0.1) is 5.60 Å². The molecule has 17 heavy (non-hydrogen) atoms. The van der Waals surface area contributed by atoms with Gasteiger partial charge in [0.2, 0.25) is 0 Å². The van der Waals surface area contributed by atoms with Crippen molar-refractivity contribution in [2.45, 2.75) is 52.1 Å². The predicted molar refractivity (Wildman–Crippen MR) is 75.4 cm³/mol. The number of unbranched alkanes of at least 4 members (excludes halogenated alkanes) is 1. The van der Waals surface area contributed by atoms with Gasteiger partial charge in [0.15, 0.2) is 0 Å². The molecule has 3 nitrogen and oxygen atoms in total. The number of aliphatic hydroxyl groups is 1. The summed E-state index contributed by atoms with van der Waals surface area (Å²) in [7, 11) is 3.98. The Morgan fingerprint density at radius 3 is 2.41 bits per heavy atom. The summed E-state index contributed by atoms with van der Waals surface area (Å²) in [5.41, 5.74) is -0.632. The lowest BCUT2D eigenvalue weighted by atomic mass is 9.99. The molecule has 0 spiro atoms. The number of hydrogen-bond acceptors (Lipinski definition) is 3. The van der Waals surface area contributed by atoms with Crippen molar-refractivity contribution in [1.82, 2.24) is 10.2 Å². The fourth-order valence-electron chi connectivity index (χ4n) is 2.23. The Morgan fingerprint density at radius 2 is 1.94 bits per heavy atom. The molecule has 0 saturated carbocycles. The first kappa shape index (κ1) is 16.9. The van der Waals surface area contributed by atoms with Crippen LogP contribution >= 0.6 is 0 Å². The smallest absolute Gasteiger partial charge is 0.0869 e. The molecule has 3 heteroatoms. The topological polar surface area (TPSA) is 35.5 Å². The minimum Gasteiger partial charge on any atom is -0.388 e. The van der Waals surface area contributed by atoms with Gasteiger partial charge in [0.25, 0.3) is 0 Å². The van der Waals surface area contributed by atoms with Gasteiger partial charge in [-0.1, -0.05) is 33.1 Å². The molecular weight excluding hydrogens is 212 g/mol. The van der Waals surface area contributed by atoms with Crippen molar-refractivity contribution >= 4 is 0 Å². The summed E-state index contributed by atoms with van der Waals surface area (Å²) < 4.78 is 0. The summed E-state index contributed by atoms with van der Waals surface area (Å²) in [6, 6.07) is 0. The molecule has 0 aliphatic rings. The maximum absolute atomic E-state index is 10.1. The molecule has 0 aromatic heterocycles. The second-order valence-electron chi connectivity index (χ2n) is 5.78. The van der Waals surface area contributed by atoms with Crippen LogP contribution in [0, 0.1) is 5.92 Å². The zero-order chi connectivity index (χ0) is 13.3. The fraction of sp³-hybridized carbons (Fsp3) is 1.00. The molecule has 0 aromatic rings. The van der Waals surface area contributed by atoms with Crippen LogP contribution in [0.25, 0.3) is 0 Å². The number of rotatable bonds is 10. The summed E-state index contributed by atoms with van der Waals surface area (Å²) in [6.07, 6.45) is 5.11. The maximum Gasteiger partial charge on any atom is 0.0869 e. The van der Waals surface area contributed by atoms with Gasteiger partial charge in [-0.05, 0) is 39.9 Å². The molecule has 0 aliphatic carbocycles.